The van der Waals surface area contributed by atoms with Crippen molar-refractivity contribution >= 4 is 11.9 Å². The van der Waals surface area contributed by atoms with E-state index in [0.29, 0.717) is 0 Å². The summed E-state index contributed by atoms with van der Waals surface area (Å²) in [5.41, 5.74) is 0.727. The van der Waals surface area contributed by atoms with E-state index in [2.05, 4.69) is 5.32 Å². The van der Waals surface area contributed by atoms with Crippen LogP contribution in [0.25, 0.3) is 0 Å². The smallest absolute Gasteiger partial charge is 0.313 e. The minimum atomic E-state index is -0.473. The Bertz CT molecular complexity index is 399. The molecule has 17 heavy (non-hydrogen) atoms. The van der Waals surface area contributed by atoms with Crippen molar-refractivity contribution in [3.63, 3.8) is 0 Å². The van der Waals surface area contributed by atoms with Gasteiger partial charge in [-0.15, -0.1) is 0 Å². The summed E-state index contributed by atoms with van der Waals surface area (Å²) in [6, 6.07) is 6.28. The number of hydrogen-bond donors (Lipinski definition) is 2. The van der Waals surface area contributed by atoms with Gasteiger partial charge in [0.25, 0.3) is 5.91 Å². The first-order chi connectivity index (χ1) is 8.04. The molecule has 0 aliphatic heterocycles. The summed E-state index contributed by atoms with van der Waals surface area (Å²) in [4.78, 5) is 22.5. The number of carbonyl (C=O) groups is 2. The van der Waals surface area contributed by atoms with Crippen LogP contribution in [0.4, 0.5) is 0 Å². The third-order valence-electron chi connectivity index (χ3n) is 2.37. The molecule has 0 saturated carbocycles. The zero-order chi connectivity index (χ0) is 12.8. The lowest BCUT2D eigenvalue weighted by Crippen LogP contribution is -2.26. The van der Waals surface area contributed by atoms with Gasteiger partial charge in [-0.05, 0) is 24.6 Å². The molecule has 1 aromatic rings. The van der Waals surface area contributed by atoms with E-state index in [1.54, 1.807) is 19.1 Å². The molecule has 92 valence electrons. The van der Waals surface area contributed by atoms with Crippen molar-refractivity contribution in [2.75, 3.05) is 13.7 Å². The number of esters is 1. The van der Waals surface area contributed by atoms with E-state index < -0.39 is 11.9 Å². The second-order valence-electron chi connectivity index (χ2n) is 3.59. The zero-order valence-electron chi connectivity index (χ0n) is 9.77. The highest BCUT2D eigenvalue weighted by Crippen LogP contribution is 2.19. The minimum Gasteiger partial charge on any atom is -0.508 e. The fourth-order valence-electron chi connectivity index (χ4n) is 1.23. The Hall–Kier alpha value is -2.04. The number of aromatic hydroxyl groups is 1. The van der Waals surface area contributed by atoms with E-state index in [0.717, 1.165) is 5.56 Å². The second-order valence-corrected chi connectivity index (χ2v) is 3.59. The van der Waals surface area contributed by atoms with Crippen LogP contribution in [0.3, 0.4) is 0 Å². The molecule has 0 radical (unpaired) electrons. The van der Waals surface area contributed by atoms with Gasteiger partial charge in [0.15, 0.2) is 6.61 Å². The van der Waals surface area contributed by atoms with Crippen molar-refractivity contribution in [2.45, 2.75) is 12.8 Å². The molecule has 5 heteroatoms. The molecule has 0 heterocycles. The van der Waals surface area contributed by atoms with Gasteiger partial charge in [-0.3, -0.25) is 9.59 Å². The quantitative estimate of drug-likeness (QED) is 0.759. The molecule has 5 nitrogen and oxygen atoms in total. The Balaban J connectivity index is 2.57. The third kappa shape index (κ3) is 3.79. The summed E-state index contributed by atoms with van der Waals surface area (Å²) < 4.78 is 4.83. The summed E-state index contributed by atoms with van der Waals surface area (Å²) >= 11 is 0. The molecular formula is C12H15NO4. The van der Waals surface area contributed by atoms with E-state index in [4.69, 9.17) is 9.84 Å². The van der Waals surface area contributed by atoms with Gasteiger partial charge in [-0.25, -0.2) is 0 Å². The number of amides is 1. The van der Waals surface area contributed by atoms with E-state index in [1.807, 2.05) is 0 Å². The molecule has 0 fully saturated rings. The Morgan fingerprint density at radius 3 is 2.47 bits per heavy atom. The van der Waals surface area contributed by atoms with Crippen LogP contribution >= 0.6 is 0 Å². The van der Waals surface area contributed by atoms with Crippen molar-refractivity contribution in [1.82, 2.24) is 5.32 Å². The summed E-state index contributed by atoms with van der Waals surface area (Å²) in [5, 5.41) is 11.5. The largest absolute Gasteiger partial charge is 0.508 e. The van der Waals surface area contributed by atoms with Gasteiger partial charge in [-0.2, -0.15) is 0 Å². The van der Waals surface area contributed by atoms with Crippen molar-refractivity contribution < 1.29 is 19.4 Å². The molecule has 0 bridgehead atoms. The Morgan fingerprint density at radius 1 is 1.35 bits per heavy atom. The maximum atomic E-state index is 11.6. The fraction of sp³-hybridized carbons (Fsp3) is 0.333. The maximum Gasteiger partial charge on any atom is 0.313 e. The van der Waals surface area contributed by atoms with Crippen molar-refractivity contribution in [2.24, 2.45) is 0 Å². The van der Waals surface area contributed by atoms with E-state index in [9.17, 15) is 9.59 Å². The SMILES string of the molecule is CNC(=O)COC(=O)C(C)c1ccc(O)cc1. The van der Waals surface area contributed by atoms with Gasteiger partial charge < -0.3 is 15.2 Å². The molecule has 1 rings (SSSR count). The standard InChI is InChI=1S/C12H15NO4/c1-8(9-3-5-10(14)6-4-9)12(16)17-7-11(15)13-2/h3-6,8,14H,7H2,1-2H3,(H,13,15). The van der Waals surface area contributed by atoms with Gasteiger partial charge in [0, 0.05) is 7.05 Å². The number of likely N-dealkylation sites (N-methyl/N-ethyl adjacent to an activating group) is 1. The van der Waals surface area contributed by atoms with Gasteiger partial charge in [0.1, 0.15) is 5.75 Å². The number of phenolic OH excluding ortho intramolecular Hbond substituents is 1. The lowest BCUT2D eigenvalue weighted by Gasteiger charge is -2.11. The predicted octanol–water partition coefficient (Wildman–Crippen LogP) is 0.785. The van der Waals surface area contributed by atoms with Crippen LogP contribution in [0.2, 0.25) is 0 Å². The van der Waals surface area contributed by atoms with Gasteiger partial charge in [0.2, 0.25) is 0 Å². The molecule has 1 atom stereocenters. The number of benzene rings is 1. The average molecular weight is 237 g/mol. The Kier molecular flexibility index (Phi) is 4.51. The molecule has 0 saturated heterocycles. The third-order valence-corrected chi connectivity index (χ3v) is 2.37. The van der Waals surface area contributed by atoms with E-state index in [-0.39, 0.29) is 18.3 Å². The van der Waals surface area contributed by atoms with Crippen LogP contribution in [0.5, 0.6) is 5.75 Å². The highest BCUT2D eigenvalue weighted by atomic mass is 16.5. The Morgan fingerprint density at radius 2 is 1.94 bits per heavy atom. The molecule has 0 aromatic heterocycles. The van der Waals surface area contributed by atoms with E-state index >= 15 is 0 Å². The molecule has 1 aromatic carbocycles. The van der Waals surface area contributed by atoms with Crippen LogP contribution in [0.15, 0.2) is 24.3 Å². The average Bonchev–Trinajstić information content (AvgIpc) is 2.35. The first kappa shape index (κ1) is 13.0. The first-order valence-corrected chi connectivity index (χ1v) is 5.20. The van der Waals surface area contributed by atoms with Crippen LogP contribution in [-0.4, -0.2) is 30.6 Å². The van der Waals surface area contributed by atoms with Crippen LogP contribution in [0.1, 0.15) is 18.4 Å². The summed E-state index contributed by atoms with van der Waals surface area (Å²) in [7, 11) is 1.47. The molecule has 1 unspecified atom stereocenters. The number of carbonyl (C=O) groups excluding carboxylic acids is 2. The van der Waals surface area contributed by atoms with Gasteiger partial charge in [-0.1, -0.05) is 12.1 Å². The first-order valence-electron chi connectivity index (χ1n) is 5.20. The number of phenols is 1. The topological polar surface area (TPSA) is 75.6 Å². The highest BCUT2D eigenvalue weighted by Gasteiger charge is 2.17. The fourth-order valence-corrected chi connectivity index (χ4v) is 1.23. The zero-order valence-corrected chi connectivity index (χ0v) is 9.77. The predicted molar refractivity (Wildman–Crippen MR) is 61.5 cm³/mol. The molecule has 2 N–H and O–H groups in total. The second kappa shape index (κ2) is 5.89. The van der Waals surface area contributed by atoms with Crippen molar-refractivity contribution in [3.8, 4) is 5.75 Å². The summed E-state index contributed by atoms with van der Waals surface area (Å²) in [5.74, 6) is -1.16. The molecule has 0 aliphatic rings. The number of ether oxygens (including phenoxy) is 1. The van der Waals surface area contributed by atoms with Gasteiger partial charge in [0.05, 0.1) is 5.92 Å². The highest BCUT2D eigenvalue weighted by molar-refractivity contribution is 5.83. The minimum absolute atomic E-state index is 0.139. The monoisotopic (exact) mass is 237 g/mol. The molecule has 0 spiro atoms. The number of nitrogens with one attached hydrogen (secondary N) is 1. The molecular weight excluding hydrogens is 222 g/mol. The summed E-state index contributed by atoms with van der Waals surface area (Å²) in [6.07, 6.45) is 0. The molecule has 0 aliphatic carbocycles. The van der Waals surface area contributed by atoms with Crippen LogP contribution < -0.4 is 5.32 Å². The van der Waals surface area contributed by atoms with Crippen molar-refractivity contribution in [3.05, 3.63) is 29.8 Å². The lowest BCUT2D eigenvalue weighted by molar-refractivity contribution is -0.149. The van der Waals surface area contributed by atoms with Crippen LogP contribution in [0, 0.1) is 0 Å². The molecule has 1 amide bonds. The lowest BCUT2D eigenvalue weighted by atomic mass is 10.0. The number of rotatable bonds is 4. The number of hydrogen-bond acceptors (Lipinski definition) is 4. The summed E-state index contributed by atoms with van der Waals surface area (Å²) in [6.45, 7) is 1.40. The van der Waals surface area contributed by atoms with E-state index in [1.165, 1.54) is 19.2 Å². The van der Waals surface area contributed by atoms with Gasteiger partial charge >= 0.3 is 5.97 Å². The van der Waals surface area contributed by atoms with Crippen LogP contribution in [-0.2, 0) is 14.3 Å². The normalized spacial score (nSPS) is 11.6. The maximum absolute atomic E-state index is 11.6. The Labute approximate surface area is 99.4 Å². The van der Waals surface area contributed by atoms with Crippen molar-refractivity contribution in [1.29, 1.82) is 0 Å².